The SMILES string of the molecule is CC(=O)Oc1ccc(/C=C2/N=C(c3ccccc3I)OC2=O)cc1. The fourth-order valence-electron chi connectivity index (χ4n) is 2.11. The van der Waals surface area contributed by atoms with Gasteiger partial charge in [0, 0.05) is 10.5 Å². The number of carbonyl (C=O) groups is 2. The van der Waals surface area contributed by atoms with E-state index in [-0.39, 0.29) is 11.7 Å². The van der Waals surface area contributed by atoms with Crippen LogP contribution in [0.4, 0.5) is 0 Å². The van der Waals surface area contributed by atoms with Gasteiger partial charge in [-0.2, -0.15) is 0 Å². The minimum absolute atomic E-state index is 0.227. The molecule has 1 aliphatic rings. The summed E-state index contributed by atoms with van der Waals surface area (Å²) in [5, 5.41) is 0. The fraction of sp³-hybridized carbons (Fsp3) is 0.0556. The molecule has 0 bridgehead atoms. The van der Waals surface area contributed by atoms with Crippen molar-refractivity contribution < 1.29 is 19.1 Å². The molecule has 0 saturated heterocycles. The van der Waals surface area contributed by atoms with Crippen LogP contribution >= 0.6 is 22.6 Å². The molecule has 120 valence electrons. The van der Waals surface area contributed by atoms with Gasteiger partial charge in [0.15, 0.2) is 5.70 Å². The zero-order valence-corrected chi connectivity index (χ0v) is 14.8. The van der Waals surface area contributed by atoms with Crippen molar-refractivity contribution in [3.05, 3.63) is 68.9 Å². The van der Waals surface area contributed by atoms with Gasteiger partial charge in [-0.3, -0.25) is 4.79 Å². The van der Waals surface area contributed by atoms with Crippen LogP contribution in [-0.4, -0.2) is 17.8 Å². The Kier molecular flexibility index (Phi) is 4.75. The van der Waals surface area contributed by atoms with Crippen molar-refractivity contribution >= 4 is 46.5 Å². The smallest absolute Gasteiger partial charge is 0.363 e. The maximum atomic E-state index is 12.0. The van der Waals surface area contributed by atoms with Crippen molar-refractivity contribution in [3.63, 3.8) is 0 Å². The van der Waals surface area contributed by atoms with Gasteiger partial charge in [0.1, 0.15) is 5.75 Å². The number of carbonyl (C=O) groups excluding carboxylic acids is 2. The number of rotatable bonds is 3. The molecule has 0 aromatic heterocycles. The normalized spacial score (nSPS) is 15.2. The Morgan fingerprint density at radius 3 is 2.54 bits per heavy atom. The summed E-state index contributed by atoms with van der Waals surface area (Å²) in [7, 11) is 0. The van der Waals surface area contributed by atoms with Gasteiger partial charge in [0.25, 0.3) is 0 Å². The van der Waals surface area contributed by atoms with Crippen molar-refractivity contribution in [1.29, 1.82) is 0 Å². The Hall–Kier alpha value is -2.48. The molecule has 1 aliphatic heterocycles. The molecule has 2 aromatic rings. The number of halogens is 1. The van der Waals surface area contributed by atoms with Gasteiger partial charge in [0.05, 0.1) is 5.56 Å². The van der Waals surface area contributed by atoms with E-state index < -0.39 is 5.97 Å². The Balaban J connectivity index is 1.86. The molecular weight excluding hydrogens is 421 g/mol. The lowest BCUT2D eigenvalue weighted by Gasteiger charge is -2.01. The van der Waals surface area contributed by atoms with E-state index in [0.717, 1.165) is 14.7 Å². The third-order valence-electron chi connectivity index (χ3n) is 3.17. The van der Waals surface area contributed by atoms with Gasteiger partial charge < -0.3 is 9.47 Å². The zero-order valence-electron chi connectivity index (χ0n) is 12.7. The molecule has 0 unspecified atom stereocenters. The molecule has 0 atom stereocenters. The largest absolute Gasteiger partial charge is 0.427 e. The van der Waals surface area contributed by atoms with E-state index in [1.165, 1.54) is 6.92 Å². The van der Waals surface area contributed by atoms with E-state index in [1.54, 1.807) is 30.3 Å². The summed E-state index contributed by atoms with van der Waals surface area (Å²) in [5.41, 5.74) is 1.76. The first-order chi connectivity index (χ1) is 11.5. The van der Waals surface area contributed by atoms with Gasteiger partial charge in [-0.05, 0) is 58.5 Å². The summed E-state index contributed by atoms with van der Waals surface area (Å²) in [5.74, 6) is -0.129. The van der Waals surface area contributed by atoms with Crippen LogP contribution in [-0.2, 0) is 14.3 Å². The number of cyclic esters (lactones) is 1. The predicted molar refractivity (Wildman–Crippen MR) is 97.5 cm³/mol. The molecule has 24 heavy (non-hydrogen) atoms. The molecule has 0 amide bonds. The van der Waals surface area contributed by atoms with Crippen LogP contribution < -0.4 is 4.74 Å². The highest BCUT2D eigenvalue weighted by Crippen LogP contribution is 2.22. The van der Waals surface area contributed by atoms with Crippen LogP contribution in [0.15, 0.2) is 59.2 Å². The minimum atomic E-state index is -0.492. The standard InChI is InChI=1S/C18H12INO4/c1-11(21)23-13-8-6-12(7-9-13)10-16-18(22)24-17(20-16)14-4-2-3-5-15(14)19/h2-10H,1H3/b16-10+. The summed E-state index contributed by atoms with van der Waals surface area (Å²) in [6.07, 6.45) is 1.63. The summed E-state index contributed by atoms with van der Waals surface area (Å²) in [4.78, 5) is 27.2. The van der Waals surface area contributed by atoms with Crippen molar-refractivity contribution in [2.75, 3.05) is 0 Å². The van der Waals surface area contributed by atoms with E-state index in [4.69, 9.17) is 9.47 Å². The molecule has 0 radical (unpaired) electrons. The molecular formula is C18H12INO4. The Morgan fingerprint density at radius 1 is 1.17 bits per heavy atom. The summed E-state index contributed by atoms with van der Waals surface area (Å²) in [6.45, 7) is 1.34. The first kappa shape index (κ1) is 16.4. The van der Waals surface area contributed by atoms with E-state index in [1.807, 2.05) is 24.3 Å². The molecule has 3 rings (SSSR count). The summed E-state index contributed by atoms with van der Waals surface area (Å²) >= 11 is 2.17. The molecule has 5 nitrogen and oxygen atoms in total. The number of ether oxygens (including phenoxy) is 2. The number of esters is 2. The van der Waals surface area contributed by atoms with E-state index in [9.17, 15) is 9.59 Å². The highest BCUT2D eigenvalue weighted by atomic mass is 127. The zero-order chi connectivity index (χ0) is 17.1. The predicted octanol–water partition coefficient (Wildman–Crippen LogP) is 3.56. The first-order valence-electron chi connectivity index (χ1n) is 7.09. The lowest BCUT2D eigenvalue weighted by Crippen LogP contribution is -2.06. The Bertz CT molecular complexity index is 869. The molecule has 0 saturated carbocycles. The van der Waals surface area contributed by atoms with Gasteiger partial charge in [-0.15, -0.1) is 0 Å². The van der Waals surface area contributed by atoms with Gasteiger partial charge >= 0.3 is 11.9 Å². The number of aliphatic imine (C=N–C) groups is 1. The third-order valence-corrected chi connectivity index (χ3v) is 4.11. The average molecular weight is 433 g/mol. The van der Waals surface area contributed by atoms with Gasteiger partial charge in [-0.1, -0.05) is 24.3 Å². The van der Waals surface area contributed by atoms with Crippen molar-refractivity contribution in [3.8, 4) is 5.75 Å². The number of hydrogen-bond donors (Lipinski definition) is 0. The second kappa shape index (κ2) is 6.96. The second-order valence-electron chi connectivity index (χ2n) is 4.98. The van der Waals surface area contributed by atoms with Crippen LogP contribution in [0.25, 0.3) is 6.08 Å². The Labute approximate surface area is 152 Å². The number of hydrogen-bond acceptors (Lipinski definition) is 5. The molecule has 0 N–H and O–H groups in total. The van der Waals surface area contributed by atoms with Crippen LogP contribution in [0.5, 0.6) is 5.75 Å². The van der Waals surface area contributed by atoms with E-state index >= 15 is 0 Å². The van der Waals surface area contributed by atoms with Crippen molar-refractivity contribution in [2.24, 2.45) is 4.99 Å². The third kappa shape index (κ3) is 3.70. The quantitative estimate of drug-likeness (QED) is 0.322. The molecule has 0 aliphatic carbocycles. The van der Waals surface area contributed by atoms with Crippen LogP contribution in [0, 0.1) is 3.57 Å². The fourth-order valence-corrected chi connectivity index (χ4v) is 2.73. The van der Waals surface area contributed by atoms with Crippen LogP contribution in [0.3, 0.4) is 0 Å². The lowest BCUT2D eigenvalue weighted by atomic mass is 10.2. The van der Waals surface area contributed by atoms with E-state index in [0.29, 0.717) is 11.6 Å². The summed E-state index contributed by atoms with van der Waals surface area (Å²) < 4.78 is 11.2. The van der Waals surface area contributed by atoms with E-state index in [2.05, 4.69) is 27.6 Å². The summed E-state index contributed by atoms with van der Waals surface area (Å²) in [6, 6.07) is 14.3. The molecule has 0 fully saturated rings. The molecule has 1 heterocycles. The minimum Gasteiger partial charge on any atom is -0.427 e. The maximum absolute atomic E-state index is 12.0. The topological polar surface area (TPSA) is 65.0 Å². The first-order valence-corrected chi connectivity index (χ1v) is 8.17. The number of nitrogens with zero attached hydrogens (tertiary/aromatic N) is 1. The Morgan fingerprint density at radius 2 is 1.88 bits per heavy atom. The molecule has 2 aromatic carbocycles. The van der Waals surface area contributed by atoms with Crippen molar-refractivity contribution in [1.82, 2.24) is 0 Å². The van der Waals surface area contributed by atoms with Crippen molar-refractivity contribution in [2.45, 2.75) is 6.92 Å². The number of benzene rings is 2. The van der Waals surface area contributed by atoms with Gasteiger partial charge in [0.2, 0.25) is 5.90 Å². The lowest BCUT2D eigenvalue weighted by molar-refractivity contribution is -0.132. The van der Waals surface area contributed by atoms with Crippen LogP contribution in [0.2, 0.25) is 0 Å². The van der Waals surface area contributed by atoms with Crippen LogP contribution in [0.1, 0.15) is 18.1 Å². The van der Waals surface area contributed by atoms with Gasteiger partial charge in [-0.25, -0.2) is 9.79 Å². The highest BCUT2D eigenvalue weighted by molar-refractivity contribution is 14.1. The average Bonchev–Trinajstić information content (AvgIpc) is 2.90. The maximum Gasteiger partial charge on any atom is 0.363 e. The monoisotopic (exact) mass is 433 g/mol. The second-order valence-corrected chi connectivity index (χ2v) is 6.14. The molecule has 6 heteroatoms. The molecule has 0 spiro atoms. The highest BCUT2D eigenvalue weighted by Gasteiger charge is 2.25.